The fourth-order valence-electron chi connectivity index (χ4n) is 2.48. The molecule has 0 unspecified atom stereocenters. The summed E-state index contributed by atoms with van der Waals surface area (Å²) >= 11 is 0. The van der Waals surface area contributed by atoms with Gasteiger partial charge < -0.3 is 24.1 Å². The Morgan fingerprint density at radius 3 is 1.89 bits per heavy atom. The number of carbonyl (C=O) groups is 2. The van der Waals surface area contributed by atoms with Crippen LogP contribution >= 0.6 is 0 Å². The topological polar surface area (TPSA) is 91.3 Å². The molecule has 0 heterocycles. The maximum absolute atomic E-state index is 11.5. The summed E-state index contributed by atoms with van der Waals surface area (Å²) in [7, 11) is 0. The number of aliphatic carboxylic acids is 1. The fraction of sp³-hybridized carbons (Fsp3) is 0.905. The summed E-state index contributed by atoms with van der Waals surface area (Å²) in [6.07, 6.45) is 9.09. The molecular weight excluding hydrogens is 364 g/mol. The highest BCUT2D eigenvalue weighted by Gasteiger charge is 2.10. The highest BCUT2D eigenvalue weighted by Crippen LogP contribution is 2.06. The van der Waals surface area contributed by atoms with Crippen LogP contribution < -0.4 is 0 Å². The van der Waals surface area contributed by atoms with Gasteiger partial charge in [0.25, 0.3) is 0 Å². The Balaban J connectivity index is 3.87. The molecule has 0 aromatic heterocycles. The molecule has 28 heavy (non-hydrogen) atoms. The summed E-state index contributed by atoms with van der Waals surface area (Å²) in [5, 5.41) is 8.54. The van der Waals surface area contributed by atoms with Crippen molar-refractivity contribution in [1.82, 2.24) is 0 Å². The third kappa shape index (κ3) is 19.6. The van der Waals surface area contributed by atoms with Gasteiger partial charge in [-0.05, 0) is 19.3 Å². The van der Waals surface area contributed by atoms with Crippen molar-refractivity contribution in [2.45, 2.75) is 90.8 Å². The standard InChI is InChI=1S/C21H40O7/c1-3-5-7-9-14-27-21(28-15-10-8-6-4-2)18-25-16-17-26-20(24)13-11-12-19(22)23/h21H,3-18H2,1-2H3,(H,22,23). The number of unbranched alkanes of at least 4 members (excludes halogenated alkanes) is 6. The molecule has 0 saturated carbocycles. The van der Waals surface area contributed by atoms with Crippen LogP contribution in [0.4, 0.5) is 0 Å². The molecule has 0 spiro atoms. The van der Waals surface area contributed by atoms with E-state index in [-0.39, 0.29) is 32.5 Å². The molecule has 0 aliphatic carbocycles. The lowest BCUT2D eigenvalue weighted by molar-refractivity contribution is -0.176. The van der Waals surface area contributed by atoms with Gasteiger partial charge in [-0.3, -0.25) is 9.59 Å². The molecule has 0 aromatic rings. The molecule has 0 aliphatic rings. The molecule has 0 fully saturated rings. The van der Waals surface area contributed by atoms with Gasteiger partial charge in [-0.25, -0.2) is 0 Å². The third-order valence-electron chi connectivity index (χ3n) is 4.12. The van der Waals surface area contributed by atoms with Gasteiger partial charge in [0.05, 0.1) is 13.2 Å². The second-order valence-corrected chi connectivity index (χ2v) is 6.84. The number of hydrogen-bond acceptors (Lipinski definition) is 6. The zero-order chi connectivity index (χ0) is 20.9. The number of esters is 1. The molecule has 166 valence electrons. The number of carboxylic acid groups (broad SMARTS) is 1. The smallest absolute Gasteiger partial charge is 0.305 e. The van der Waals surface area contributed by atoms with Gasteiger partial charge >= 0.3 is 11.9 Å². The minimum Gasteiger partial charge on any atom is -0.481 e. The van der Waals surface area contributed by atoms with E-state index in [0.29, 0.717) is 19.8 Å². The maximum atomic E-state index is 11.5. The summed E-state index contributed by atoms with van der Waals surface area (Å²) in [6.45, 7) is 6.37. The molecule has 0 bridgehead atoms. The Morgan fingerprint density at radius 1 is 0.750 bits per heavy atom. The number of ether oxygens (including phenoxy) is 4. The molecule has 0 amide bonds. The summed E-state index contributed by atoms with van der Waals surface area (Å²) in [5.74, 6) is -1.31. The van der Waals surface area contributed by atoms with Crippen LogP contribution in [0.25, 0.3) is 0 Å². The summed E-state index contributed by atoms with van der Waals surface area (Å²) in [4.78, 5) is 21.9. The molecule has 0 atom stereocenters. The van der Waals surface area contributed by atoms with Crippen LogP contribution in [-0.2, 0) is 28.5 Å². The quantitative estimate of drug-likeness (QED) is 0.173. The van der Waals surface area contributed by atoms with Crippen molar-refractivity contribution in [2.24, 2.45) is 0 Å². The molecule has 0 rings (SSSR count). The van der Waals surface area contributed by atoms with Crippen molar-refractivity contribution in [3.8, 4) is 0 Å². The Bertz CT molecular complexity index is 360. The van der Waals surface area contributed by atoms with Crippen molar-refractivity contribution >= 4 is 11.9 Å². The SMILES string of the molecule is CCCCCCOC(COCCOC(=O)CCCC(=O)O)OCCCCCC. The summed E-state index contributed by atoms with van der Waals surface area (Å²) < 4.78 is 22.1. The van der Waals surface area contributed by atoms with Crippen LogP contribution in [0.2, 0.25) is 0 Å². The molecule has 0 radical (unpaired) electrons. The Hall–Kier alpha value is -1.18. The average molecular weight is 405 g/mol. The van der Waals surface area contributed by atoms with Crippen LogP contribution in [0.3, 0.4) is 0 Å². The second-order valence-electron chi connectivity index (χ2n) is 6.84. The van der Waals surface area contributed by atoms with Crippen molar-refractivity contribution in [2.75, 3.05) is 33.0 Å². The second kappa shape index (κ2) is 20.6. The Labute approximate surface area is 170 Å². The monoisotopic (exact) mass is 404 g/mol. The van der Waals surface area contributed by atoms with E-state index < -0.39 is 18.2 Å². The first-order valence-electron chi connectivity index (χ1n) is 10.8. The number of carboxylic acids is 1. The fourth-order valence-corrected chi connectivity index (χ4v) is 2.48. The molecule has 7 nitrogen and oxygen atoms in total. The van der Waals surface area contributed by atoms with Crippen LogP contribution in [-0.4, -0.2) is 56.4 Å². The zero-order valence-corrected chi connectivity index (χ0v) is 17.8. The van der Waals surface area contributed by atoms with E-state index in [2.05, 4.69) is 13.8 Å². The van der Waals surface area contributed by atoms with Gasteiger partial charge in [0.1, 0.15) is 6.61 Å². The molecule has 0 aromatic carbocycles. The lowest BCUT2D eigenvalue weighted by atomic mass is 10.2. The van der Waals surface area contributed by atoms with Gasteiger partial charge in [-0.1, -0.05) is 52.4 Å². The van der Waals surface area contributed by atoms with Crippen LogP contribution in [0.5, 0.6) is 0 Å². The van der Waals surface area contributed by atoms with E-state index in [4.69, 9.17) is 24.1 Å². The lowest BCUT2D eigenvalue weighted by Crippen LogP contribution is -2.26. The van der Waals surface area contributed by atoms with Gasteiger partial charge in [0.2, 0.25) is 0 Å². The van der Waals surface area contributed by atoms with E-state index in [0.717, 1.165) is 25.7 Å². The van der Waals surface area contributed by atoms with Crippen molar-refractivity contribution in [1.29, 1.82) is 0 Å². The Kier molecular flexibility index (Phi) is 19.7. The summed E-state index contributed by atoms with van der Waals surface area (Å²) in [5.41, 5.74) is 0. The lowest BCUT2D eigenvalue weighted by Gasteiger charge is -2.19. The van der Waals surface area contributed by atoms with E-state index in [1.54, 1.807) is 0 Å². The minimum atomic E-state index is -0.911. The van der Waals surface area contributed by atoms with Gasteiger partial charge in [0.15, 0.2) is 6.29 Å². The minimum absolute atomic E-state index is 0.0293. The molecule has 0 saturated heterocycles. The molecule has 1 N–H and O–H groups in total. The average Bonchev–Trinajstić information content (AvgIpc) is 2.66. The highest BCUT2D eigenvalue weighted by molar-refractivity contribution is 5.71. The van der Waals surface area contributed by atoms with E-state index in [9.17, 15) is 9.59 Å². The largest absolute Gasteiger partial charge is 0.481 e. The van der Waals surface area contributed by atoms with Crippen molar-refractivity contribution in [3.63, 3.8) is 0 Å². The number of hydrogen-bond donors (Lipinski definition) is 1. The van der Waals surface area contributed by atoms with Crippen LogP contribution in [0, 0.1) is 0 Å². The van der Waals surface area contributed by atoms with Crippen molar-refractivity contribution in [3.05, 3.63) is 0 Å². The third-order valence-corrected chi connectivity index (χ3v) is 4.12. The number of carbonyl (C=O) groups excluding carboxylic acids is 1. The highest BCUT2D eigenvalue weighted by atomic mass is 16.7. The van der Waals surface area contributed by atoms with Gasteiger partial charge in [0, 0.05) is 26.1 Å². The molecule has 0 aliphatic heterocycles. The first-order valence-corrected chi connectivity index (χ1v) is 10.8. The number of rotatable bonds is 21. The van der Waals surface area contributed by atoms with Gasteiger partial charge in [-0.15, -0.1) is 0 Å². The predicted molar refractivity (Wildman–Crippen MR) is 107 cm³/mol. The van der Waals surface area contributed by atoms with Crippen molar-refractivity contribution < 1.29 is 33.6 Å². The van der Waals surface area contributed by atoms with Gasteiger partial charge in [-0.2, -0.15) is 0 Å². The molecule has 7 heteroatoms. The first kappa shape index (κ1) is 26.8. The van der Waals surface area contributed by atoms with Crippen LogP contribution in [0.1, 0.15) is 84.5 Å². The van der Waals surface area contributed by atoms with E-state index in [1.165, 1.54) is 25.7 Å². The predicted octanol–water partition coefficient (Wildman–Crippen LogP) is 4.32. The summed E-state index contributed by atoms with van der Waals surface area (Å²) in [6, 6.07) is 0. The normalized spacial score (nSPS) is 11.1. The first-order chi connectivity index (χ1) is 13.6. The zero-order valence-electron chi connectivity index (χ0n) is 17.8. The van der Waals surface area contributed by atoms with Crippen LogP contribution in [0.15, 0.2) is 0 Å². The molecular formula is C21H40O7. The Morgan fingerprint density at radius 2 is 1.36 bits per heavy atom. The maximum Gasteiger partial charge on any atom is 0.305 e. The van der Waals surface area contributed by atoms with E-state index in [1.807, 2.05) is 0 Å². The van der Waals surface area contributed by atoms with E-state index >= 15 is 0 Å².